The van der Waals surface area contributed by atoms with Gasteiger partial charge < -0.3 is 10.5 Å². The van der Waals surface area contributed by atoms with E-state index in [4.69, 9.17) is 10.5 Å². The minimum absolute atomic E-state index is 0.161. The number of rotatable bonds is 5. The van der Waals surface area contributed by atoms with Crippen LogP contribution in [0.5, 0.6) is 5.75 Å². The molecule has 2 aromatic rings. The second-order valence-electron chi connectivity index (χ2n) is 3.41. The molecule has 94 valence electrons. The van der Waals surface area contributed by atoms with Crippen LogP contribution < -0.4 is 10.5 Å². The summed E-state index contributed by atoms with van der Waals surface area (Å²) >= 11 is 1.24. The predicted molar refractivity (Wildman–Crippen MR) is 67.8 cm³/mol. The lowest BCUT2D eigenvalue weighted by atomic mass is 10.3. The minimum Gasteiger partial charge on any atom is -0.495 e. The topological polar surface area (TPSA) is 83.0 Å². The second-order valence-corrected chi connectivity index (χ2v) is 4.35. The van der Waals surface area contributed by atoms with Crippen LogP contribution in [0.15, 0.2) is 35.7 Å². The molecule has 1 aromatic heterocycles. The highest BCUT2D eigenvalue weighted by molar-refractivity contribution is 7.99. The number of amides is 1. The lowest BCUT2D eigenvalue weighted by Crippen LogP contribution is -2.13. The first kappa shape index (κ1) is 12.4. The number of nitrogens with zero attached hydrogens (tertiary/aromatic N) is 3. The van der Waals surface area contributed by atoms with Gasteiger partial charge in [-0.1, -0.05) is 23.9 Å². The Bertz CT molecular complexity index is 555. The maximum Gasteiger partial charge on any atom is 0.227 e. The molecule has 1 aromatic carbocycles. The Morgan fingerprint density at radius 1 is 1.50 bits per heavy atom. The molecule has 0 radical (unpaired) electrons. The first-order valence-corrected chi connectivity index (χ1v) is 6.15. The fourth-order valence-corrected chi connectivity index (χ4v) is 2.11. The van der Waals surface area contributed by atoms with E-state index in [1.165, 1.54) is 11.8 Å². The Balaban J connectivity index is 2.33. The Labute approximate surface area is 108 Å². The predicted octanol–water partition coefficient (Wildman–Crippen LogP) is 0.853. The van der Waals surface area contributed by atoms with Crippen molar-refractivity contribution in [2.24, 2.45) is 5.73 Å². The summed E-state index contributed by atoms with van der Waals surface area (Å²) in [6, 6.07) is 7.50. The number of thioether (sulfide) groups is 1. The first-order valence-electron chi connectivity index (χ1n) is 5.17. The molecule has 2 rings (SSSR count). The number of hydrogen-bond acceptors (Lipinski definition) is 5. The first-order chi connectivity index (χ1) is 8.72. The number of nitrogens with two attached hydrogens (primary N) is 1. The molecular formula is C11H12N4O2S. The van der Waals surface area contributed by atoms with E-state index < -0.39 is 5.91 Å². The van der Waals surface area contributed by atoms with Crippen molar-refractivity contribution in [2.45, 2.75) is 5.16 Å². The second kappa shape index (κ2) is 5.54. The van der Waals surface area contributed by atoms with Crippen molar-refractivity contribution >= 4 is 17.7 Å². The van der Waals surface area contributed by atoms with Gasteiger partial charge in [-0.15, -0.1) is 10.2 Å². The number of methoxy groups -OCH3 is 1. The highest BCUT2D eigenvalue weighted by Gasteiger charge is 2.11. The van der Waals surface area contributed by atoms with E-state index in [2.05, 4.69) is 10.2 Å². The van der Waals surface area contributed by atoms with Crippen LogP contribution in [0, 0.1) is 0 Å². The monoisotopic (exact) mass is 264 g/mol. The van der Waals surface area contributed by atoms with Crippen molar-refractivity contribution in [3.05, 3.63) is 30.6 Å². The van der Waals surface area contributed by atoms with E-state index in [0.29, 0.717) is 10.9 Å². The van der Waals surface area contributed by atoms with Gasteiger partial charge in [-0.3, -0.25) is 9.36 Å². The van der Waals surface area contributed by atoms with E-state index in [-0.39, 0.29) is 5.75 Å². The molecule has 0 atom stereocenters. The summed E-state index contributed by atoms with van der Waals surface area (Å²) in [5.41, 5.74) is 5.93. The molecule has 0 saturated heterocycles. The number of primary amides is 1. The van der Waals surface area contributed by atoms with Gasteiger partial charge >= 0.3 is 0 Å². The van der Waals surface area contributed by atoms with Gasteiger partial charge in [-0.05, 0) is 12.1 Å². The molecule has 7 heteroatoms. The van der Waals surface area contributed by atoms with Gasteiger partial charge in [0.05, 0.1) is 18.6 Å². The number of hydrogen-bond donors (Lipinski definition) is 1. The van der Waals surface area contributed by atoms with E-state index >= 15 is 0 Å². The lowest BCUT2D eigenvalue weighted by Gasteiger charge is -2.10. The van der Waals surface area contributed by atoms with Crippen molar-refractivity contribution in [1.82, 2.24) is 14.8 Å². The van der Waals surface area contributed by atoms with Crippen LogP contribution in [-0.4, -0.2) is 33.5 Å². The van der Waals surface area contributed by atoms with Crippen molar-refractivity contribution in [1.29, 1.82) is 0 Å². The third-order valence-electron chi connectivity index (χ3n) is 2.20. The van der Waals surface area contributed by atoms with Crippen molar-refractivity contribution in [3.63, 3.8) is 0 Å². The summed E-state index contributed by atoms with van der Waals surface area (Å²) in [6.45, 7) is 0. The van der Waals surface area contributed by atoms with Crippen LogP contribution in [0.1, 0.15) is 0 Å². The quantitative estimate of drug-likeness (QED) is 0.810. The fraction of sp³-hybridized carbons (Fsp3) is 0.182. The maximum atomic E-state index is 10.8. The highest BCUT2D eigenvalue weighted by Crippen LogP contribution is 2.26. The Morgan fingerprint density at radius 2 is 2.28 bits per heavy atom. The standard InChI is InChI=1S/C11H12N4O2S/c1-17-9-5-3-2-4-8(9)15-7-13-14-11(15)18-6-10(12)16/h2-5,7H,6H2,1H3,(H2,12,16). The number of ether oxygens (including phenoxy) is 1. The molecule has 0 aliphatic heterocycles. The van der Waals surface area contributed by atoms with Gasteiger partial charge in [0.15, 0.2) is 5.16 Å². The van der Waals surface area contributed by atoms with E-state index in [0.717, 1.165) is 5.69 Å². The zero-order chi connectivity index (χ0) is 13.0. The molecule has 1 heterocycles. The van der Waals surface area contributed by atoms with Gasteiger partial charge in [0.2, 0.25) is 5.91 Å². The summed E-state index contributed by atoms with van der Waals surface area (Å²) in [7, 11) is 1.60. The van der Waals surface area contributed by atoms with Crippen LogP contribution in [-0.2, 0) is 4.79 Å². The van der Waals surface area contributed by atoms with E-state index in [1.807, 2.05) is 24.3 Å². The molecule has 0 unspecified atom stereocenters. The molecule has 1 amide bonds. The molecule has 18 heavy (non-hydrogen) atoms. The van der Waals surface area contributed by atoms with E-state index in [1.54, 1.807) is 18.0 Å². The van der Waals surface area contributed by atoms with Crippen LogP contribution in [0.4, 0.5) is 0 Å². The van der Waals surface area contributed by atoms with Crippen LogP contribution in [0.2, 0.25) is 0 Å². The largest absolute Gasteiger partial charge is 0.495 e. The molecule has 6 nitrogen and oxygen atoms in total. The molecular weight excluding hydrogens is 252 g/mol. The molecule has 0 spiro atoms. The Kier molecular flexibility index (Phi) is 3.83. The smallest absolute Gasteiger partial charge is 0.227 e. The number of para-hydroxylation sites is 2. The average Bonchev–Trinajstić information content (AvgIpc) is 2.84. The number of carbonyl (C=O) groups excluding carboxylic acids is 1. The normalized spacial score (nSPS) is 10.3. The fourth-order valence-electron chi connectivity index (χ4n) is 1.45. The summed E-state index contributed by atoms with van der Waals surface area (Å²) in [5.74, 6) is 0.473. The van der Waals surface area contributed by atoms with Gasteiger partial charge in [0, 0.05) is 0 Å². The molecule has 0 aliphatic rings. The van der Waals surface area contributed by atoms with Crippen LogP contribution >= 0.6 is 11.8 Å². The van der Waals surface area contributed by atoms with Crippen LogP contribution in [0.3, 0.4) is 0 Å². The highest BCUT2D eigenvalue weighted by atomic mass is 32.2. The number of carbonyl (C=O) groups is 1. The molecule has 0 fully saturated rings. The lowest BCUT2D eigenvalue weighted by molar-refractivity contribution is -0.115. The average molecular weight is 264 g/mol. The number of aromatic nitrogens is 3. The molecule has 0 saturated carbocycles. The van der Waals surface area contributed by atoms with Gasteiger partial charge in [-0.25, -0.2) is 0 Å². The SMILES string of the molecule is COc1ccccc1-n1cnnc1SCC(N)=O. The van der Waals surface area contributed by atoms with Crippen molar-refractivity contribution in [2.75, 3.05) is 12.9 Å². The third kappa shape index (κ3) is 2.62. The zero-order valence-corrected chi connectivity index (χ0v) is 10.6. The summed E-state index contributed by atoms with van der Waals surface area (Å²) in [6.07, 6.45) is 1.57. The minimum atomic E-state index is -0.394. The third-order valence-corrected chi connectivity index (χ3v) is 3.17. The Morgan fingerprint density at radius 3 is 3.00 bits per heavy atom. The van der Waals surface area contributed by atoms with Crippen LogP contribution in [0.25, 0.3) is 5.69 Å². The van der Waals surface area contributed by atoms with Crippen molar-refractivity contribution < 1.29 is 9.53 Å². The van der Waals surface area contributed by atoms with Gasteiger partial charge in [0.25, 0.3) is 0 Å². The number of benzene rings is 1. The zero-order valence-electron chi connectivity index (χ0n) is 9.74. The molecule has 0 aliphatic carbocycles. The summed E-state index contributed by atoms with van der Waals surface area (Å²) < 4.78 is 7.03. The van der Waals surface area contributed by atoms with Crippen molar-refractivity contribution in [3.8, 4) is 11.4 Å². The molecule has 0 bridgehead atoms. The van der Waals surface area contributed by atoms with Gasteiger partial charge in [0.1, 0.15) is 12.1 Å². The van der Waals surface area contributed by atoms with Gasteiger partial charge in [-0.2, -0.15) is 0 Å². The van der Waals surface area contributed by atoms with E-state index in [9.17, 15) is 4.79 Å². The maximum absolute atomic E-state index is 10.8. The summed E-state index contributed by atoms with van der Waals surface area (Å²) in [5, 5.41) is 8.38. The molecule has 2 N–H and O–H groups in total. The Hall–Kier alpha value is -2.02. The summed E-state index contributed by atoms with van der Waals surface area (Å²) in [4.78, 5) is 10.8.